The van der Waals surface area contributed by atoms with E-state index in [1.54, 1.807) is 27.3 Å². The average molecular weight is 242 g/mol. The normalized spacial score (nSPS) is 15.2. The molecule has 0 aliphatic heterocycles. The van der Waals surface area contributed by atoms with Gasteiger partial charge in [-0.2, -0.15) is 5.10 Å². The zero-order chi connectivity index (χ0) is 12.9. The summed E-state index contributed by atoms with van der Waals surface area (Å²) < 4.78 is 12.0. The van der Waals surface area contributed by atoms with E-state index in [-0.39, 0.29) is 6.29 Å². The Morgan fingerprint density at radius 2 is 2.12 bits per heavy atom. The van der Waals surface area contributed by atoms with Crippen molar-refractivity contribution in [2.24, 2.45) is 7.05 Å². The zero-order valence-electron chi connectivity index (χ0n) is 11.0. The summed E-state index contributed by atoms with van der Waals surface area (Å²) in [6.07, 6.45) is 3.28. The quantitative estimate of drug-likeness (QED) is 0.728. The molecule has 0 aliphatic rings. The summed E-state index contributed by atoms with van der Waals surface area (Å²) in [6, 6.07) is 1.96. The highest BCUT2D eigenvalue weighted by atomic mass is 16.7. The van der Waals surface area contributed by atoms with Gasteiger partial charge in [0.05, 0.1) is 5.60 Å². The van der Waals surface area contributed by atoms with Crippen LogP contribution in [0.25, 0.3) is 0 Å². The summed E-state index contributed by atoms with van der Waals surface area (Å²) in [5, 5.41) is 14.3. The second kappa shape index (κ2) is 6.14. The molecule has 5 nitrogen and oxygen atoms in total. The Hall–Kier alpha value is -0.910. The molecule has 1 atom stereocenters. The Kier molecular flexibility index (Phi) is 5.11. The van der Waals surface area contributed by atoms with Gasteiger partial charge in [-0.1, -0.05) is 0 Å². The Morgan fingerprint density at radius 3 is 2.59 bits per heavy atom. The number of aryl methyl sites for hydroxylation is 2. The lowest BCUT2D eigenvalue weighted by Crippen LogP contribution is -2.32. The summed E-state index contributed by atoms with van der Waals surface area (Å²) in [7, 11) is 5.05. The van der Waals surface area contributed by atoms with Crippen molar-refractivity contribution in [3.63, 3.8) is 0 Å². The molecular weight excluding hydrogens is 220 g/mol. The van der Waals surface area contributed by atoms with Gasteiger partial charge in [0.2, 0.25) is 0 Å². The van der Waals surface area contributed by atoms with Crippen molar-refractivity contribution in [1.82, 2.24) is 9.78 Å². The number of aliphatic hydroxyl groups is 1. The Morgan fingerprint density at radius 1 is 1.47 bits per heavy atom. The van der Waals surface area contributed by atoms with Crippen molar-refractivity contribution in [3.05, 3.63) is 18.0 Å². The molecule has 0 bridgehead atoms. The number of aromatic nitrogens is 2. The van der Waals surface area contributed by atoms with Crippen molar-refractivity contribution in [2.75, 3.05) is 14.2 Å². The Labute approximate surface area is 102 Å². The minimum absolute atomic E-state index is 0.364. The van der Waals surface area contributed by atoms with Gasteiger partial charge in [0, 0.05) is 39.6 Å². The van der Waals surface area contributed by atoms with E-state index in [0.29, 0.717) is 12.8 Å². The molecule has 98 valence electrons. The molecule has 1 aromatic rings. The number of hydrogen-bond acceptors (Lipinski definition) is 4. The van der Waals surface area contributed by atoms with Crippen LogP contribution < -0.4 is 0 Å². The summed E-state index contributed by atoms with van der Waals surface area (Å²) in [4.78, 5) is 0. The molecule has 0 saturated carbocycles. The first-order valence-electron chi connectivity index (χ1n) is 5.73. The fourth-order valence-corrected chi connectivity index (χ4v) is 1.77. The van der Waals surface area contributed by atoms with Crippen LogP contribution in [0.1, 0.15) is 25.5 Å². The topological polar surface area (TPSA) is 56.5 Å². The molecule has 0 saturated heterocycles. The molecular formula is C12H22N2O3. The molecule has 0 radical (unpaired) electrons. The molecule has 1 unspecified atom stereocenters. The lowest BCUT2D eigenvalue weighted by atomic mass is 9.95. The van der Waals surface area contributed by atoms with Crippen molar-refractivity contribution in [1.29, 1.82) is 0 Å². The summed E-state index contributed by atoms with van der Waals surface area (Å²) in [5.74, 6) is 0. The largest absolute Gasteiger partial charge is 0.390 e. The van der Waals surface area contributed by atoms with Gasteiger partial charge < -0.3 is 14.6 Å². The van der Waals surface area contributed by atoms with E-state index in [2.05, 4.69) is 5.10 Å². The highest BCUT2D eigenvalue weighted by Crippen LogP contribution is 2.20. The van der Waals surface area contributed by atoms with Crippen LogP contribution in [0, 0.1) is 0 Å². The monoisotopic (exact) mass is 242 g/mol. The first kappa shape index (κ1) is 14.2. The van der Waals surface area contributed by atoms with Gasteiger partial charge in [-0.3, -0.25) is 4.68 Å². The molecule has 0 aromatic carbocycles. The van der Waals surface area contributed by atoms with Crippen LogP contribution in [-0.2, 0) is 22.9 Å². The van der Waals surface area contributed by atoms with Crippen molar-refractivity contribution in [2.45, 2.75) is 38.1 Å². The number of methoxy groups -OCH3 is 2. The molecule has 1 rings (SSSR count). The van der Waals surface area contributed by atoms with Crippen LogP contribution in [0.4, 0.5) is 0 Å². The number of ether oxygens (including phenoxy) is 2. The molecule has 5 heteroatoms. The van der Waals surface area contributed by atoms with Crippen LogP contribution >= 0.6 is 0 Å². The molecule has 0 aliphatic carbocycles. The van der Waals surface area contributed by atoms with Crippen LogP contribution in [0.5, 0.6) is 0 Å². The molecule has 1 N–H and O–H groups in total. The molecule has 1 aromatic heterocycles. The molecule has 17 heavy (non-hydrogen) atoms. The van der Waals surface area contributed by atoms with E-state index in [9.17, 15) is 5.11 Å². The Bertz CT molecular complexity index is 332. The van der Waals surface area contributed by atoms with Gasteiger partial charge in [0.25, 0.3) is 0 Å². The SMILES string of the molecule is COC(CC(C)(O)CCc1ccnn1C)OC. The van der Waals surface area contributed by atoms with Gasteiger partial charge >= 0.3 is 0 Å². The number of rotatable bonds is 7. The lowest BCUT2D eigenvalue weighted by Gasteiger charge is -2.27. The summed E-state index contributed by atoms with van der Waals surface area (Å²) in [5.41, 5.74) is 0.303. The fraction of sp³-hybridized carbons (Fsp3) is 0.750. The van der Waals surface area contributed by atoms with Crippen molar-refractivity contribution in [3.8, 4) is 0 Å². The van der Waals surface area contributed by atoms with Crippen molar-refractivity contribution < 1.29 is 14.6 Å². The minimum atomic E-state index is -0.805. The van der Waals surface area contributed by atoms with E-state index in [4.69, 9.17) is 9.47 Å². The maximum Gasteiger partial charge on any atom is 0.159 e. The van der Waals surface area contributed by atoms with Gasteiger partial charge in [0.1, 0.15) is 0 Å². The minimum Gasteiger partial charge on any atom is -0.390 e. The highest BCUT2D eigenvalue weighted by Gasteiger charge is 2.25. The number of hydrogen-bond donors (Lipinski definition) is 1. The average Bonchev–Trinajstić information content (AvgIpc) is 2.69. The van der Waals surface area contributed by atoms with Gasteiger partial charge in [0.15, 0.2) is 6.29 Å². The third-order valence-electron chi connectivity index (χ3n) is 2.97. The highest BCUT2D eigenvalue weighted by molar-refractivity contribution is 5.01. The van der Waals surface area contributed by atoms with Crippen LogP contribution in [0.15, 0.2) is 12.3 Å². The molecule has 0 spiro atoms. The first-order valence-corrected chi connectivity index (χ1v) is 5.73. The Balaban J connectivity index is 2.46. The van der Waals surface area contributed by atoms with E-state index in [0.717, 1.165) is 12.1 Å². The van der Waals surface area contributed by atoms with Gasteiger partial charge in [-0.05, 0) is 25.8 Å². The van der Waals surface area contributed by atoms with E-state index in [1.165, 1.54) is 0 Å². The lowest BCUT2D eigenvalue weighted by molar-refractivity contribution is -0.141. The fourth-order valence-electron chi connectivity index (χ4n) is 1.77. The smallest absolute Gasteiger partial charge is 0.159 e. The molecule has 1 heterocycles. The van der Waals surface area contributed by atoms with Crippen LogP contribution in [-0.4, -0.2) is 41.0 Å². The second-order valence-electron chi connectivity index (χ2n) is 4.55. The first-order chi connectivity index (χ1) is 7.98. The van der Waals surface area contributed by atoms with E-state index < -0.39 is 5.60 Å². The van der Waals surface area contributed by atoms with E-state index >= 15 is 0 Å². The van der Waals surface area contributed by atoms with Crippen LogP contribution in [0.3, 0.4) is 0 Å². The third-order valence-corrected chi connectivity index (χ3v) is 2.97. The van der Waals surface area contributed by atoms with E-state index in [1.807, 2.05) is 17.8 Å². The van der Waals surface area contributed by atoms with Gasteiger partial charge in [-0.15, -0.1) is 0 Å². The predicted molar refractivity (Wildman–Crippen MR) is 64.6 cm³/mol. The molecule has 0 fully saturated rings. The maximum absolute atomic E-state index is 10.2. The number of nitrogens with zero attached hydrogens (tertiary/aromatic N) is 2. The second-order valence-corrected chi connectivity index (χ2v) is 4.55. The van der Waals surface area contributed by atoms with Crippen LogP contribution in [0.2, 0.25) is 0 Å². The standard InChI is InChI=1S/C12H22N2O3/c1-12(15,9-11(16-3)17-4)7-5-10-6-8-13-14(10)2/h6,8,11,15H,5,7,9H2,1-4H3. The molecule has 0 amide bonds. The summed E-state index contributed by atoms with van der Waals surface area (Å²) >= 11 is 0. The van der Waals surface area contributed by atoms with Gasteiger partial charge in [-0.25, -0.2) is 0 Å². The maximum atomic E-state index is 10.2. The third kappa shape index (κ3) is 4.46. The summed E-state index contributed by atoms with van der Waals surface area (Å²) in [6.45, 7) is 1.80. The van der Waals surface area contributed by atoms with Crippen molar-refractivity contribution >= 4 is 0 Å². The predicted octanol–water partition coefficient (Wildman–Crippen LogP) is 1.11. The zero-order valence-corrected chi connectivity index (χ0v) is 11.0.